The highest BCUT2D eigenvalue weighted by Crippen LogP contribution is 2.18. The lowest BCUT2D eigenvalue weighted by Crippen LogP contribution is -2.38. The van der Waals surface area contributed by atoms with Gasteiger partial charge in [0.15, 0.2) is 0 Å². The minimum absolute atomic E-state index is 0.115. The van der Waals surface area contributed by atoms with Crippen LogP contribution in [0, 0.1) is 0 Å². The van der Waals surface area contributed by atoms with E-state index in [0.29, 0.717) is 5.82 Å². The van der Waals surface area contributed by atoms with Crippen LogP contribution < -0.4 is 4.74 Å². The lowest BCUT2D eigenvalue weighted by atomic mass is 10.3. The Morgan fingerprint density at radius 1 is 1.18 bits per heavy atom. The average Bonchev–Trinajstić information content (AvgIpc) is 3.05. The molecule has 0 spiro atoms. The van der Waals surface area contributed by atoms with E-state index in [9.17, 15) is 9.90 Å². The molecule has 0 saturated carbocycles. The molecule has 1 aromatic heterocycles. The Labute approximate surface area is 164 Å². The van der Waals surface area contributed by atoms with E-state index in [1.807, 2.05) is 59.2 Å². The van der Waals surface area contributed by atoms with Crippen LogP contribution in [0.1, 0.15) is 5.82 Å². The van der Waals surface area contributed by atoms with E-state index in [4.69, 9.17) is 9.47 Å². The van der Waals surface area contributed by atoms with E-state index in [1.165, 1.54) is 12.0 Å². The average molecular weight is 383 g/mol. The number of hydrogen-bond acceptors (Lipinski definition) is 5. The number of aliphatic hydroxyl groups excluding tert-OH is 1. The van der Waals surface area contributed by atoms with Crippen LogP contribution in [-0.4, -0.2) is 58.9 Å². The van der Waals surface area contributed by atoms with Crippen LogP contribution in [0.25, 0.3) is 11.0 Å². The largest absolute Gasteiger partial charge is 0.486 e. The van der Waals surface area contributed by atoms with Gasteiger partial charge in [0.25, 0.3) is 0 Å². The van der Waals surface area contributed by atoms with Gasteiger partial charge < -0.3 is 24.0 Å². The van der Waals surface area contributed by atoms with Crippen LogP contribution in [0.15, 0.2) is 54.6 Å². The number of aliphatic hydroxyl groups is 1. The van der Waals surface area contributed by atoms with Crippen molar-refractivity contribution >= 4 is 16.9 Å². The smallest absolute Gasteiger partial charge is 0.242 e. The Kier molecular flexibility index (Phi) is 6.62. The van der Waals surface area contributed by atoms with E-state index in [0.717, 1.165) is 16.8 Å². The van der Waals surface area contributed by atoms with Gasteiger partial charge in [-0.1, -0.05) is 30.3 Å². The molecule has 7 heteroatoms. The molecule has 1 N–H and O–H groups in total. The van der Waals surface area contributed by atoms with E-state index in [1.54, 1.807) is 7.05 Å². The fourth-order valence-electron chi connectivity index (χ4n) is 3.00. The second kappa shape index (κ2) is 9.34. The highest BCUT2D eigenvalue weighted by atomic mass is 16.5. The first-order valence-corrected chi connectivity index (χ1v) is 9.11. The maximum atomic E-state index is 12.7. The lowest BCUT2D eigenvalue weighted by Gasteiger charge is -2.21. The molecule has 2 aromatic carbocycles. The molecule has 28 heavy (non-hydrogen) atoms. The third kappa shape index (κ3) is 4.88. The number of imidazole rings is 1. The van der Waals surface area contributed by atoms with Gasteiger partial charge in [-0.15, -0.1) is 0 Å². The number of likely N-dealkylation sites (N-methyl/N-ethyl adjacent to an activating group) is 1. The number of amides is 1. The summed E-state index contributed by atoms with van der Waals surface area (Å²) in [6, 6.07) is 17.2. The molecular formula is C21H25N3O4. The van der Waals surface area contributed by atoms with E-state index >= 15 is 0 Å². The molecule has 0 bridgehead atoms. The quantitative estimate of drug-likeness (QED) is 0.612. The molecule has 1 heterocycles. The van der Waals surface area contributed by atoms with Crippen molar-refractivity contribution in [3.8, 4) is 5.75 Å². The highest BCUT2D eigenvalue weighted by molar-refractivity contribution is 5.81. The third-order valence-electron chi connectivity index (χ3n) is 4.41. The van der Waals surface area contributed by atoms with Crippen LogP contribution in [0.2, 0.25) is 0 Å². The number of para-hydroxylation sites is 3. The SMILES string of the molecule is COCC(O)CN(C)C(=O)Cn1c(COc2ccccc2)nc2ccccc21. The van der Waals surface area contributed by atoms with Crippen molar-refractivity contribution in [1.29, 1.82) is 0 Å². The second-order valence-corrected chi connectivity index (χ2v) is 6.59. The van der Waals surface area contributed by atoms with Gasteiger partial charge in [0.05, 0.1) is 23.7 Å². The van der Waals surface area contributed by atoms with Crippen molar-refractivity contribution in [1.82, 2.24) is 14.5 Å². The number of ether oxygens (including phenoxy) is 2. The first-order chi connectivity index (χ1) is 13.6. The van der Waals surface area contributed by atoms with Crippen molar-refractivity contribution in [2.75, 3.05) is 27.3 Å². The van der Waals surface area contributed by atoms with Gasteiger partial charge >= 0.3 is 0 Å². The maximum Gasteiger partial charge on any atom is 0.242 e. The summed E-state index contributed by atoms with van der Waals surface area (Å²) in [5.41, 5.74) is 1.68. The Balaban J connectivity index is 1.77. The summed E-state index contributed by atoms with van der Waals surface area (Å²) in [4.78, 5) is 18.8. The van der Waals surface area contributed by atoms with E-state index < -0.39 is 6.10 Å². The number of carbonyl (C=O) groups excluding carboxylic acids is 1. The minimum atomic E-state index is -0.723. The first-order valence-electron chi connectivity index (χ1n) is 9.11. The number of fused-ring (bicyclic) bond motifs is 1. The van der Waals surface area contributed by atoms with Gasteiger partial charge in [-0.3, -0.25) is 4.79 Å². The molecular weight excluding hydrogens is 358 g/mol. The normalized spacial score (nSPS) is 12.1. The molecule has 3 aromatic rings. The Morgan fingerprint density at radius 2 is 1.89 bits per heavy atom. The van der Waals surface area contributed by atoms with Crippen molar-refractivity contribution in [2.45, 2.75) is 19.3 Å². The molecule has 0 aliphatic rings. The van der Waals surface area contributed by atoms with Crippen LogP contribution >= 0.6 is 0 Å². The molecule has 1 amide bonds. The zero-order valence-corrected chi connectivity index (χ0v) is 16.1. The predicted molar refractivity (Wildman–Crippen MR) is 106 cm³/mol. The lowest BCUT2D eigenvalue weighted by molar-refractivity contribution is -0.132. The Morgan fingerprint density at radius 3 is 2.64 bits per heavy atom. The Bertz CT molecular complexity index is 910. The zero-order valence-electron chi connectivity index (χ0n) is 16.1. The first kappa shape index (κ1) is 19.9. The molecule has 0 aliphatic heterocycles. The molecule has 0 aliphatic carbocycles. The molecule has 3 rings (SSSR count). The summed E-state index contributed by atoms with van der Waals surface area (Å²) in [6.07, 6.45) is -0.723. The fourth-order valence-corrected chi connectivity index (χ4v) is 3.00. The van der Waals surface area contributed by atoms with Gasteiger partial charge in [-0.05, 0) is 24.3 Å². The van der Waals surface area contributed by atoms with Gasteiger partial charge in [-0.25, -0.2) is 4.98 Å². The number of benzene rings is 2. The monoisotopic (exact) mass is 383 g/mol. The van der Waals surface area contributed by atoms with Crippen molar-refractivity contribution in [3.05, 3.63) is 60.4 Å². The van der Waals surface area contributed by atoms with Crippen molar-refractivity contribution in [3.63, 3.8) is 0 Å². The van der Waals surface area contributed by atoms with Crippen molar-refractivity contribution in [2.24, 2.45) is 0 Å². The molecule has 148 valence electrons. The van der Waals surface area contributed by atoms with Crippen LogP contribution in [0.4, 0.5) is 0 Å². The predicted octanol–water partition coefficient (Wildman–Crippen LogP) is 2.08. The topological polar surface area (TPSA) is 76.8 Å². The number of hydrogen-bond donors (Lipinski definition) is 1. The van der Waals surface area contributed by atoms with Crippen molar-refractivity contribution < 1.29 is 19.4 Å². The highest BCUT2D eigenvalue weighted by Gasteiger charge is 2.18. The Hall–Kier alpha value is -2.90. The molecule has 1 unspecified atom stereocenters. The minimum Gasteiger partial charge on any atom is -0.486 e. The number of aromatic nitrogens is 2. The summed E-state index contributed by atoms with van der Waals surface area (Å²) in [5.74, 6) is 1.29. The summed E-state index contributed by atoms with van der Waals surface area (Å²) in [5, 5.41) is 9.87. The number of rotatable bonds is 9. The molecule has 7 nitrogen and oxygen atoms in total. The van der Waals surface area contributed by atoms with Gasteiger partial charge in [-0.2, -0.15) is 0 Å². The van der Waals surface area contributed by atoms with Crippen LogP contribution in [0.5, 0.6) is 5.75 Å². The van der Waals surface area contributed by atoms with Gasteiger partial charge in [0, 0.05) is 20.7 Å². The molecule has 0 fully saturated rings. The maximum absolute atomic E-state index is 12.7. The summed E-state index contributed by atoms with van der Waals surface area (Å²) in [6.45, 7) is 0.753. The van der Waals surface area contributed by atoms with Crippen LogP contribution in [-0.2, 0) is 22.7 Å². The second-order valence-electron chi connectivity index (χ2n) is 6.59. The number of nitrogens with zero attached hydrogens (tertiary/aromatic N) is 3. The summed E-state index contributed by atoms with van der Waals surface area (Å²) in [7, 11) is 3.18. The molecule has 1 atom stereocenters. The summed E-state index contributed by atoms with van der Waals surface area (Å²) < 4.78 is 12.6. The van der Waals surface area contributed by atoms with E-state index in [-0.39, 0.29) is 32.2 Å². The van der Waals surface area contributed by atoms with E-state index in [2.05, 4.69) is 4.98 Å². The number of carbonyl (C=O) groups is 1. The standard InChI is InChI=1S/C21H25N3O4/c1-23(12-16(25)14-27-2)21(26)13-24-19-11-7-6-10-18(19)22-20(24)15-28-17-8-4-3-5-9-17/h3-11,16,25H,12-15H2,1-2H3. The molecule has 0 radical (unpaired) electrons. The zero-order chi connectivity index (χ0) is 19.9. The summed E-state index contributed by atoms with van der Waals surface area (Å²) >= 11 is 0. The molecule has 0 saturated heterocycles. The fraction of sp³-hybridized carbons (Fsp3) is 0.333. The van der Waals surface area contributed by atoms with Crippen LogP contribution in [0.3, 0.4) is 0 Å². The van der Waals surface area contributed by atoms with Gasteiger partial charge in [0.2, 0.25) is 5.91 Å². The number of methoxy groups -OCH3 is 1. The van der Waals surface area contributed by atoms with Gasteiger partial charge in [0.1, 0.15) is 24.7 Å². The third-order valence-corrected chi connectivity index (χ3v) is 4.41.